The Labute approximate surface area is 92.5 Å². The highest BCUT2D eigenvalue weighted by atomic mass is 16.5. The van der Waals surface area contributed by atoms with Gasteiger partial charge < -0.3 is 14.7 Å². The lowest BCUT2D eigenvalue weighted by atomic mass is 10.1. The highest BCUT2D eigenvalue weighted by molar-refractivity contribution is 5.99. The highest BCUT2D eigenvalue weighted by Gasteiger charge is 2.37. The first-order valence-corrected chi connectivity index (χ1v) is 4.78. The number of esters is 1. The third kappa shape index (κ3) is 2.21. The maximum Gasteiger partial charge on any atom is 0.335 e. The minimum absolute atomic E-state index is 0.231. The number of carboxylic acids is 1. The van der Waals surface area contributed by atoms with Gasteiger partial charge in [0.2, 0.25) is 5.91 Å². The number of carbonyl (C=O) groups is 3. The van der Waals surface area contributed by atoms with Crippen molar-refractivity contribution in [3.8, 4) is 0 Å². The van der Waals surface area contributed by atoms with E-state index in [4.69, 9.17) is 5.11 Å². The van der Waals surface area contributed by atoms with Gasteiger partial charge >= 0.3 is 11.9 Å². The van der Waals surface area contributed by atoms with Gasteiger partial charge in [-0.2, -0.15) is 0 Å². The number of carbonyl (C=O) groups excluding carboxylic acids is 2. The molecule has 1 N–H and O–H groups in total. The summed E-state index contributed by atoms with van der Waals surface area (Å²) in [6, 6.07) is -1.32. The summed E-state index contributed by atoms with van der Waals surface area (Å²) < 4.78 is 4.40. The minimum Gasteiger partial charge on any atom is -0.479 e. The van der Waals surface area contributed by atoms with Crippen molar-refractivity contribution in [2.75, 3.05) is 13.7 Å². The summed E-state index contributed by atoms with van der Waals surface area (Å²) in [4.78, 5) is 34.8. The topological polar surface area (TPSA) is 83.9 Å². The number of rotatable bonds is 4. The van der Waals surface area contributed by atoms with Crippen molar-refractivity contribution in [3.63, 3.8) is 0 Å². The zero-order valence-corrected chi connectivity index (χ0v) is 8.93. The Hall–Kier alpha value is -1.85. The molecule has 1 atom stereocenters. The first-order valence-electron chi connectivity index (χ1n) is 4.78. The van der Waals surface area contributed by atoms with E-state index in [-0.39, 0.29) is 11.5 Å². The molecule has 0 aromatic carbocycles. The molecular weight excluding hydrogens is 214 g/mol. The molecule has 1 heterocycles. The quantitative estimate of drug-likeness (QED) is 0.530. The fourth-order valence-electron chi connectivity index (χ4n) is 1.66. The Kier molecular flexibility index (Phi) is 3.65. The van der Waals surface area contributed by atoms with Crippen LogP contribution in [0.2, 0.25) is 0 Å². The Morgan fingerprint density at radius 2 is 2.19 bits per heavy atom. The molecule has 1 unspecified atom stereocenters. The molecule has 88 valence electrons. The zero-order chi connectivity index (χ0) is 12.3. The summed E-state index contributed by atoms with van der Waals surface area (Å²) >= 11 is 0. The standard InChI is InChI=1S/C10H13NO5/c1-6(10(15)16-2)8(9(13)14)11-5-3-4-7(11)12/h8H,1,3-5H2,2H3,(H,13,14). The van der Waals surface area contributed by atoms with Crippen molar-refractivity contribution in [2.45, 2.75) is 18.9 Å². The maximum atomic E-state index is 11.4. The van der Waals surface area contributed by atoms with Crippen LogP contribution in [0.3, 0.4) is 0 Å². The van der Waals surface area contributed by atoms with Gasteiger partial charge in [-0.05, 0) is 6.42 Å². The number of hydrogen-bond acceptors (Lipinski definition) is 4. The molecule has 0 bridgehead atoms. The van der Waals surface area contributed by atoms with Crippen molar-refractivity contribution >= 4 is 17.8 Å². The Morgan fingerprint density at radius 1 is 1.56 bits per heavy atom. The van der Waals surface area contributed by atoms with Crippen LogP contribution in [-0.4, -0.2) is 47.5 Å². The molecular formula is C10H13NO5. The van der Waals surface area contributed by atoms with Gasteiger partial charge in [0.1, 0.15) is 0 Å². The number of ether oxygens (including phenoxy) is 1. The molecule has 0 aromatic rings. The first-order chi connectivity index (χ1) is 7.49. The van der Waals surface area contributed by atoms with Crippen LogP contribution in [0.25, 0.3) is 0 Å². The van der Waals surface area contributed by atoms with E-state index in [1.165, 1.54) is 0 Å². The summed E-state index contributed by atoms with van der Waals surface area (Å²) in [5, 5.41) is 9.00. The molecule has 6 nitrogen and oxygen atoms in total. The van der Waals surface area contributed by atoms with Gasteiger partial charge in [0.25, 0.3) is 0 Å². The van der Waals surface area contributed by atoms with Crippen LogP contribution >= 0.6 is 0 Å². The number of carboxylic acid groups (broad SMARTS) is 1. The van der Waals surface area contributed by atoms with Crippen LogP contribution < -0.4 is 0 Å². The summed E-state index contributed by atoms with van der Waals surface area (Å²) in [6.45, 7) is 3.70. The number of amides is 1. The normalized spacial score (nSPS) is 17.1. The Bertz CT molecular complexity index is 349. The molecule has 0 radical (unpaired) electrons. The van der Waals surface area contributed by atoms with E-state index < -0.39 is 18.0 Å². The number of methoxy groups -OCH3 is 1. The third-order valence-electron chi connectivity index (χ3n) is 2.43. The molecule has 1 rings (SSSR count). The molecule has 1 amide bonds. The van der Waals surface area contributed by atoms with Gasteiger partial charge in [-0.1, -0.05) is 6.58 Å². The van der Waals surface area contributed by atoms with Crippen LogP contribution in [0.1, 0.15) is 12.8 Å². The molecule has 6 heteroatoms. The molecule has 16 heavy (non-hydrogen) atoms. The van der Waals surface area contributed by atoms with Crippen LogP contribution in [0, 0.1) is 0 Å². The average molecular weight is 227 g/mol. The molecule has 0 saturated carbocycles. The van der Waals surface area contributed by atoms with Crippen LogP contribution in [0.15, 0.2) is 12.2 Å². The fourth-order valence-corrected chi connectivity index (χ4v) is 1.66. The SMILES string of the molecule is C=C(C(=O)OC)C(C(=O)O)N1CCCC1=O. The van der Waals surface area contributed by atoms with E-state index in [9.17, 15) is 14.4 Å². The van der Waals surface area contributed by atoms with Gasteiger partial charge in [0, 0.05) is 13.0 Å². The van der Waals surface area contributed by atoms with E-state index >= 15 is 0 Å². The van der Waals surface area contributed by atoms with Gasteiger partial charge in [-0.25, -0.2) is 9.59 Å². The van der Waals surface area contributed by atoms with Crippen molar-refractivity contribution in [1.82, 2.24) is 4.90 Å². The smallest absolute Gasteiger partial charge is 0.335 e. The number of nitrogens with zero attached hydrogens (tertiary/aromatic N) is 1. The minimum atomic E-state index is -1.32. The van der Waals surface area contributed by atoms with Gasteiger partial charge in [-0.15, -0.1) is 0 Å². The fraction of sp³-hybridized carbons (Fsp3) is 0.500. The highest BCUT2D eigenvalue weighted by Crippen LogP contribution is 2.19. The number of aliphatic carboxylic acids is 1. The van der Waals surface area contributed by atoms with Crippen LogP contribution in [-0.2, 0) is 19.1 Å². The van der Waals surface area contributed by atoms with Crippen molar-refractivity contribution in [1.29, 1.82) is 0 Å². The van der Waals surface area contributed by atoms with E-state index in [1.807, 2.05) is 0 Å². The second-order valence-corrected chi connectivity index (χ2v) is 3.45. The predicted octanol–water partition coefficient (Wildman–Crippen LogP) is -0.209. The van der Waals surface area contributed by atoms with E-state index in [0.717, 1.165) is 12.0 Å². The molecule has 1 aliphatic rings. The predicted molar refractivity (Wildman–Crippen MR) is 53.5 cm³/mol. The maximum absolute atomic E-state index is 11.4. The van der Waals surface area contributed by atoms with Crippen molar-refractivity contribution in [2.24, 2.45) is 0 Å². The van der Waals surface area contributed by atoms with Gasteiger partial charge in [-0.3, -0.25) is 4.79 Å². The number of likely N-dealkylation sites (tertiary alicyclic amines) is 1. The van der Waals surface area contributed by atoms with E-state index in [1.54, 1.807) is 0 Å². The summed E-state index contributed by atoms with van der Waals surface area (Å²) in [5.74, 6) is -2.37. The lowest BCUT2D eigenvalue weighted by Gasteiger charge is -2.24. The van der Waals surface area contributed by atoms with Gasteiger partial charge in [0.15, 0.2) is 6.04 Å². The molecule has 0 spiro atoms. The second-order valence-electron chi connectivity index (χ2n) is 3.45. The number of hydrogen-bond donors (Lipinski definition) is 1. The summed E-state index contributed by atoms with van der Waals surface area (Å²) in [5.41, 5.74) is -0.231. The third-order valence-corrected chi connectivity index (χ3v) is 2.43. The summed E-state index contributed by atoms with van der Waals surface area (Å²) in [7, 11) is 1.14. The van der Waals surface area contributed by atoms with Crippen molar-refractivity contribution in [3.05, 3.63) is 12.2 Å². The molecule has 1 aliphatic heterocycles. The second kappa shape index (κ2) is 4.78. The zero-order valence-electron chi connectivity index (χ0n) is 8.93. The lowest BCUT2D eigenvalue weighted by molar-refractivity contribution is -0.149. The largest absolute Gasteiger partial charge is 0.479 e. The lowest BCUT2D eigenvalue weighted by Crippen LogP contribution is -2.44. The van der Waals surface area contributed by atoms with Crippen molar-refractivity contribution < 1.29 is 24.2 Å². The monoisotopic (exact) mass is 227 g/mol. The Morgan fingerprint density at radius 3 is 2.56 bits per heavy atom. The molecule has 0 aliphatic carbocycles. The van der Waals surface area contributed by atoms with Crippen LogP contribution in [0.5, 0.6) is 0 Å². The molecule has 1 saturated heterocycles. The van der Waals surface area contributed by atoms with Crippen LogP contribution in [0.4, 0.5) is 0 Å². The average Bonchev–Trinajstić information content (AvgIpc) is 2.63. The Balaban J connectivity index is 2.91. The van der Waals surface area contributed by atoms with E-state index in [0.29, 0.717) is 19.4 Å². The molecule has 0 aromatic heterocycles. The summed E-state index contributed by atoms with van der Waals surface area (Å²) in [6.07, 6.45) is 0.898. The first kappa shape index (κ1) is 12.2. The van der Waals surface area contributed by atoms with Gasteiger partial charge in [0.05, 0.1) is 12.7 Å². The molecule has 1 fully saturated rings. The van der Waals surface area contributed by atoms with E-state index in [2.05, 4.69) is 11.3 Å².